The molecule has 0 atom stereocenters. The number of ether oxygens (including phenoxy) is 2. The maximum atomic E-state index is 12.3. The van der Waals surface area contributed by atoms with Gasteiger partial charge in [0.05, 0.1) is 7.11 Å². The molecule has 0 bridgehead atoms. The van der Waals surface area contributed by atoms with Crippen LogP contribution in [0.25, 0.3) is 0 Å². The SMILES string of the molecule is COc1ccccc1OCC(=O)Nc1cccc(NC(=O)c2cc(C(C)=O)c[nH]2)c1. The van der Waals surface area contributed by atoms with Crippen molar-refractivity contribution < 1.29 is 23.9 Å². The van der Waals surface area contributed by atoms with Gasteiger partial charge in [-0.3, -0.25) is 14.4 Å². The molecule has 0 aliphatic rings. The number of para-hydroxylation sites is 2. The Kier molecular flexibility index (Phi) is 6.49. The van der Waals surface area contributed by atoms with Gasteiger partial charge in [-0.2, -0.15) is 0 Å². The molecule has 0 radical (unpaired) electrons. The minimum absolute atomic E-state index is 0.134. The summed E-state index contributed by atoms with van der Waals surface area (Å²) in [5.74, 6) is 0.106. The summed E-state index contributed by atoms with van der Waals surface area (Å²) in [6, 6.07) is 15.2. The van der Waals surface area contributed by atoms with E-state index in [4.69, 9.17) is 9.47 Å². The summed E-state index contributed by atoms with van der Waals surface area (Å²) >= 11 is 0. The van der Waals surface area contributed by atoms with Crippen LogP contribution in [0.3, 0.4) is 0 Å². The number of ketones is 1. The number of benzene rings is 2. The van der Waals surface area contributed by atoms with Crippen molar-refractivity contribution in [2.24, 2.45) is 0 Å². The Morgan fingerprint density at radius 2 is 1.63 bits per heavy atom. The van der Waals surface area contributed by atoms with Crippen LogP contribution in [0.2, 0.25) is 0 Å². The summed E-state index contributed by atoms with van der Waals surface area (Å²) in [6.07, 6.45) is 1.48. The zero-order chi connectivity index (χ0) is 21.5. The maximum absolute atomic E-state index is 12.3. The van der Waals surface area contributed by atoms with Crippen LogP contribution in [0.4, 0.5) is 11.4 Å². The van der Waals surface area contributed by atoms with Gasteiger partial charge < -0.3 is 25.1 Å². The molecule has 3 N–H and O–H groups in total. The Balaban J connectivity index is 1.58. The molecule has 0 saturated carbocycles. The van der Waals surface area contributed by atoms with Gasteiger partial charge in [-0.25, -0.2) is 0 Å². The summed E-state index contributed by atoms with van der Waals surface area (Å²) in [5, 5.41) is 5.43. The molecule has 0 spiro atoms. The van der Waals surface area contributed by atoms with Crippen molar-refractivity contribution >= 4 is 29.0 Å². The average Bonchev–Trinajstić information content (AvgIpc) is 3.23. The Hall–Kier alpha value is -4.07. The number of aromatic nitrogens is 1. The lowest BCUT2D eigenvalue weighted by Gasteiger charge is -2.11. The number of H-pyrrole nitrogens is 1. The van der Waals surface area contributed by atoms with Gasteiger partial charge in [0.2, 0.25) is 0 Å². The van der Waals surface area contributed by atoms with E-state index in [9.17, 15) is 14.4 Å². The molecule has 2 aromatic carbocycles. The van der Waals surface area contributed by atoms with E-state index >= 15 is 0 Å². The number of hydrogen-bond donors (Lipinski definition) is 3. The van der Waals surface area contributed by atoms with Crippen LogP contribution in [0.15, 0.2) is 60.8 Å². The molecule has 8 heteroatoms. The number of amides is 2. The zero-order valence-electron chi connectivity index (χ0n) is 16.5. The van der Waals surface area contributed by atoms with Gasteiger partial charge in [0.15, 0.2) is 23.9 Å². The number of rotatable bonds is 8. The summed E-state index contributed by atoms with van der Waals surface area (Å²) in [5.41, 5.74) is 1.68. The van der Waals surface area contributed by atoms with Crippen LogP contribution >= 0.6 is 0 Å². The largest absolute Gasteiger partial charge is 0.493 e. The highest BCUT2D eigenvalue weighted by atomic mass is 16.5. The van der Waals surface area contributed by atoms with Gasteiger partial charge in [-0.1, -0.05) is 18.2 Å². The molecular formula is C22H21N3O5. The van der Waals surface area contributed by atoms with Gasteiger partial charge in [-0.05, 0) is 43.3 Å². The lowest BCUT2D eigenvalue weighted by Crippen LogP contribution is -2.20. The van der Waals surface area contributed by atoms with Gasteiger partial charge in [0.1, 0.15) is 5.69 Å². The summed E-state index contributed by atoms with van der Waals surface area (Å²) in [4.78, 5) is 38.7. The molecular weight excluding hydrogens is 386 g/mol. The second-order valence-electron chi connectivity index (χ2n) is 6.38. The van der Waals surface area contributed by atoms with Crippen LogP contribution < -0.4 is 20.1 Å². The second-order valence-corrected chi connectivity index (χ2v) is 6.38. The van der Waals surface area contributed by atoms with Crippen molar-refractivity contribution in [3.05, 3.63) is 72.1 Å². The van der Waals surface area contributed by atoms with Crippen LogP contribution in [0.5, 0.6) is 11.5 Å². The van der Waals surface area contributed by atoms with E-state index in [2.05, 4.69) is 15.6 Å². The number of nitrogens with one attached hydrogen (secondary N) is 3. The third kappa shape index (κ3) is 5.26. The quantitative estimate of drug-likeness (QED) is 0.495. The zero-order valence-corrected chi connectivity index (χ0v) is 16.5. The maximum Gasteiger partial charge on any atom is 0.272 e. The van der Waals surface area contributed by atoms with E-state index in [-0.39, 0.29) is 24.0 Å². The Labute approximate surface area is 173 Å². The molecule has 3 aromatic rings. The molecule has 3 rings (SSSR count). The summed E-state index contributed by atoms with van der Waals surface area (Å²) < 4.78 is 10.7. The van der Waals surface area contributed by atoms with E-state index < -0.39 is 5.91 Å². The molecule has 154 valence electrons. The normalized spacial score (nSPS) is 10.2. The number of anilines is 2. The molecule has 0 aliphatic carbocycles. The van der Waals surface area contributed by atoms with Gasteiger partial charge >= 0.3 is 0 Å². The minimum Gasteiger partial charge on any atom is -0.493 e. The predicted octanol–water partition coefficient (Wildman–Crippen LogP) is 3.50. The topological polar surface area (TPSA) is 110 Å². The number of carbonyl (C=O) groups excluding carboxylic acids is 3. The van der Waals surface area contributed by atoms with Crippen molar-refractivity contribution in [2.75, 3.05) is 24.4 Å². The van der Waals surface area contributed by atoms with E-state index in [1.165, 1.54) is 26.3 Å². The molecule has 8 nitrogen and oxygen atoms in total. The lowest BCUT2D eigenvalue weighted by molar-refractivity contribution is -0.118. The molecule has 1 aromatic heterocycles. The third-order valence-electron chi connectivity index (χ3n) is 4.17. The fourth-order valence-electron chi connectivity index (χ4n) is 2.68. The second kappa shape index (κ2) is 9.42. The molecule has 2 amide bonds. The smallest absolute Gasteiger partial charge is 0.272 e. The Morgan fingerprint density at radius 3 is 2.30 bits per heavy atom. The van der Waals surface area contributed by atoms with Crippen molar-refractivity contribution in [1.82, 2.24) is 4.98 Å². The number of hydrogen-bond acceptors (Lipinski definition) is 5. The average molecular weight is 407 g/mol. The van der Waals surface area contributed by atoms with Crippen LogP contribution in [-0.4, -0.2) is 36.3 Å². The summed E-state index contributed by atoms with van der Waals surface area (Å²) in [6.45, 7) is 1.22. The predicted molar refractivity (Wildman–Crippen MR) is 112 cm³/mol. The highest BCUT2D eigenvalue weighted by molar-refractivity contribution is 6.05. The molecule has 30 heavy (non-hydrogen) atoms. The number of carbonyl (C=O) groups is 3. The van der Waals surface area contributed by atoms with E-state index in [0.29, 0.717) is 28.4 Å². The fraction of sp³-hybridized carbons (Fsp3) is 0.136. The van der Waals surface area contributed by atoms with E-state index in [1.807, 2.05) is 0 Å². The first-order valence-corrected chi connectivity index (χ1v) is 9.12. The monoisotopic (exact) mass is 407 g/mol. The van der Waals surface area contributed by atoms with Crippen LogP contribution in [0.1, 0.15) is 27.8 Å². The summed E-state index contributed by atoms with van der Waals surface area (Å²) in [7, 11) is 1.52. The van der Waals surface area contributed by atoms with Crippen LogP contribution in [-0.2, 0) is 4.79 Å². The van der Waals surface area contributed by atoms with E-state index in [1.54, 1.807) is 48.5 Å². The number of methoxy groups -OCH3 is 1. The standard InChI is InChI=1S/C22H21N3O5/c1-14(26)15-10-18(23-12-15)22(28)25-17-7-5-6-16(11-17)24-21(27)13-30-20-9-4-3-8-19(20)29-2/h3-12,23H,13H2,1-2H3,(H,24,27)(H,25,28). The first-order chi connectivity index (χ1) is 14.5. The third-order valence-corrected chi connectivity index (χ3v) is 4.17. The van der Waals surface area contributed by atoms with Gasteiger partial charge in [0, 0.05) is 23.1 Å². The molecule has 0 fully saturated rings. The Bertz CT molecular complexity index is 1070. The van der Waals surface area contributed by atoms with Crippen molar-refractivity contribution in [1.29, 1.82) is 0 Å². The molecule has 0 aliphatic heterocycles. The lowest BCUT2D eigenvalue weighted by atomic mass is 10.2. The fourth-order valence-corrected chi connectivity index (χ4v) is 2.68. The first kappa shape index (κ1) is 20.7. The molecule has 0 saturated heterocycles. The van der Waals surface area contributed by atoms with Crippen LogP contribution in [0, 0.1) is 0 Å². The first-order valence-electron chi connectivity index (χ1n) is 9.12. The Morgan fingerprint density at radius 1 is 0.933 bits per heavy atom. The van der Waals surface area contributed by atoms with Gasteiger partial charge in [-0.15, -0.1) is 0 Å². The number of Topliss-reactive ketones (excluding diaryl/α,β-unsaturated/α-hetero) is 1. The molecule has 1 heterocycles. The highest BCUT2D eigenvalue weighted by Crippen LogP contribution is 2.25. The van der Waals surface area contributed by atoms with Crippen molar-refractivity contribution in [3.8, 4) is 11.5 Å². The van der Waals surface area contributed by atoms with Crippen molar-refractivity contribution in [3.63, 3.8) is 0 Å². The van der Waals surface area contributed by atoms with Crippen molar-refractivity contribution in [2.45, 2.75) is 6.92 Å². The van der Waals surface area contributed by atoms with Gasteiger partial charge in [0.25, 0.3) is 11.8 Å². The highest BCUT2D eigenvalue weighted by Gasteiger charge is 2.12. The number of aromatic amines is 1. The van der Waals surface area contributed by atoms with E-state index in [0.717, 1.165) is 0 Å². The molecule has 0 unspecified atom stereocenters. The minimum atomic E-state index is -0.398.